The molecule has 3 atom stereocenters. The molecule has 24 heavy (non-hydrogen) atoms. The molecule has 2 aliphatic rings. The van der Waals surface area contributed by atoms with Crippen molar-refractivity contribution in [3.8, 4) is 11.3 Å². The molecule has 1 aromatic heterocycles. The van der Waals surface area contributed by atoms with E-state index in [0.29, 0.717) is 12.0 Å². The van der Waals surface area contributed by atoms with Gasteiger partial charge >= 0.3 is 0 Å². The third-order valence-corrected chi connectivity index (χ3v) is 5.05. The molecule has 2 fully saturated rings. The molecule has 1 aliphatic heterocycles. The van der Waals surface area contributed by atoms with E-state index in [1.54, 1.807) is 6.20 Å². The van der Waals surface area contributed by atoms with E-state index in [1.807, 2.05) is 24.3 Å². The fraction of sp³-hybridized carbons (Fsp3) is 0.444. The molecule has 1 aliphatic carbocycles. The molecule has 3 unspecified atom stereocenters. The number of nitrogens with zero attached hydrogens (tertiary/aromatic N) is 1. The van der Waals surface area contributed by atoms with Crippen LogP contribution in [0.4, 0.5) is 5.69 Å². The summed E-state index contributed by atoms with van der Waals surface area (Å²) in [5, 5.41) is 6.53. The number of amides is 1. The first-order chi connectivity index (χ1) is 11.3. The maximum absolute atomic E-state index is 12.5. The molecule has 0 bridgehead atoms. The highest BCUT2D eigenvalue weighted by Gasteiger charge is 2.38. The van der Waals surface area contributed by atoms with E-state index in [9.17, 15) is 4.79 Å². The molecule has 128 valence electrons. The van der Waals surface area contributed by atoms with Crippen molar-refractivity contribution in [1.29, 1.82) is 0 Å². The van der Waals surface area contributed by atoms with Gasteiger partial charge in [0.15, 0.2) is 12.2 Å². The quantitative estimate of drug-likeness (QED) is 0.889. The number of nitrogens with one attached hydrogen (secondary N) is 2. The monoisotopic (exact) mass is 347 g/mol. The van der Waals surface area contributed by atoms with Gasteiger partial charge in [0, 0.05) is 17.3 Å². The summed E-state index contributed by atoms with van der Waals surface area (Å²) in [5.74, 6) is 1.48. The Morgan fingerprint density at radius 3 is 2.71 bits per heavy atom. The second-order valence-electron chi connectivity index (χ2n) is 6.54. The van der Waals surface area contributed by atoms with Crippen LogP contribution in [0, 0.1) is 5.92 Å². The van der Waals surface area contributed by atoms with E-state index in [0.717, 1.165) is 23.4 Å². The summed E-state index contributed by atoms with van der Waals surface area (Å²) >= 11 is 0. The van der Waals surface area contributed by atoms with Gasteiger partial charge in [-0.05, 0) is 49.4 Å². The number of carbonyl (C=O) groups excluding carboxylic acids is 1. The summed E-state index contributed by atoms with van der Waals surface area (Å²) in [4.78, 5) is 16.4. The Morgan fingerprint density at radius 2 is 2.00 bits per heavy atom. The summed E-state index contributed by atoms with van der Waals surface area (Å²) in [7, 11) is 0. The van der Waals surface area contributed by atoms with Gasteiger partial charge in [0.05, 0.1) is 12.2 Å². The van der Waals surface area contributed by atoms with E-state index < -0.39 is 0 Å². The largest absolute Gasteiger partial charge is 0.444 e. The lowest BCUT2D eigenvalue weighted by Crippen LogP contribution is -2.39. The third kappa shape index (κ3) is 3.47. The zero-order valence-electron chi connectivity index (χ0n) is 13.4. The van der Waals surface area contributed by atoms with E-state index in [4.69, 9.17) is 4.42 Å². The molecule has 1 amide bonds. The number of rotatable bonds is 3. The highest BCUT2D eigenvalue weighted by atomic mass is 35.5. The number of fused-ring (bicyclic) bond motifs is 1. The summed E-state index contributed by atoms with van der Waals surface area (Å²) in [6.45, 7) is 0. The number of benzene rings is 1. The molecule has 5 nitrogen and oxygen atoms in total. The minimum atomic E-state index is -0.0583. The molecule has 2 heterocycles. The Hall–Kier alpha value is -1.85. The Balaban J connectivity index is 0.00000169. The molecule has 6 heteroatoms. The molecular formula is C18H22ClN3O2. The number of anilines is 1. The second-order valence-corrected chi connectivity index (χ2v) is 6.54. The van der Waals surface area contributed by atoms with Crippen molar-refractivity contribution in [2.24, 2.45) is 5.92 Å². The van der Waals surface area contributed by atoms with Crippen LogP contribution in [0.5, 0.6) is 0 Å². The molecule has 1 saturated heterocycles. The van der Waals surface area contributed by atoms with Crippen molar-refractivity contribution >= 4 is 24.0 Å². The van der Waals surface area contributed by atoms with Gasteiger partial charge < -0.3 is 15.1 Å². The molecule has 0 radical (unpaired) electrons. The average Bonchev–Trinajstić information content (AvgIpc) is 3.25. The van der Waals surface area contributed by atoms with E-state index in [-0.39, 0.29) is 24.4 Å². The number of hydrogen-bond acceptors (Lipinski definition) is 4. The molecular weight excluding hydrogens is 326 g/mol. The summed E-state index contributed by atoms with van der Waals surface area (Å²) in [5.41, 5.74) is 1.76. The first-order valence-corrected chi connectivity index (χ1v) is 8.35. The maximum atomic E-state index is 12.5. The first kappa shape index (κ1) is 17.0. The van der Waals surface area contributed by atoms with Crippen LogP contribution in [0.2, 0.25) is 0 Å². The standard InChI is InChI=1S/C18H21N3O2.ClH/c22-18(16-9-13-3-1-2-4-15(13)21-16)20-14-7-5-12(6-8-14)17-10-19-11-23-17;/h5-8,10-11,13,15-16,21H,1-4,9H2,(H,20,22);1H. The van der Waals surface area contributed by atoms with Crippen LogP contribution in [-0.2, 0) is 4.79 Å². The number of oxazole rings is 1. The van der Waals surface area contributed by atoms with Gasteiger partial charge in [-0.25, -0.2) is 4.98 Å². The zero-order chi connectivity index (χ0) is 15.6. The smallest absolute Gasteiger partial charge is 0.241 e. The molecule has 1 aromatic carbocycles. The van der Waals surface area contributed by atoms with Crippen LogP contribution in [0.15, 0.2) is 41.3 Å². The average molecular weight is 348 g/mol. The Morgan fingerprint density at radius 1 is 1.21 bits per heavy atom. The normalized spacial score (nSPS) is 25.6. The topological polar surface area (TPSA) is 67.2 Å². The predicted octanol–water partition coefficient (Wildman–Crippen LogP) is 3.62. The number of carbonyl (C=O) groups is 1. The highest BCUT2D eigenvalue weighted by Crippen LogP contribution is 2.33. The number of hydrogen-bond donors (Lipinski definition) is 2. The van der Waals surface area contributed by atoms with Gasteiger partial charge in [0.2, 0.25) is 5.91 Å². The van der Waals surface area contributed by atoms with Crippen LogP contribution in [0.25, 0.3) is 11.3 Å². The van der Waals surface area contributed by atoms with Crippen molar-refractivity contribution in [2.75, 3.05) is 5.32 Å². The van der Waals surface area contributed by atoms with Crippen LogP contribution >= 0.6 is 12.4 Å². The minimum Gasteiger partial charge on any atom is -0.444 e. The van der Waals surface area contributed by atoms with Gasteiger partial charge in [0.1, 0.15) is 0 Å². The van der Waals surface area contributed by atoms with Crippen molar-refractivity contribution in [3.63, 3.8) is 0 Å². The lowest BCUT2D eigenvalue weighted by molar-refractivity contribution is -0.117. The van der Waals surface area contributed by atoms with Crippen LogP contribution in [-0.4, -0.2) is 23.0 Å². The molecule has 0 spiro atoms. The molecule has 4 rings (SSSR count). The first-order valence-electron chi connectivity index (χ1n) is 8.35. The summed E-state index contributed by atoms with van der Waals surface area (Å²) in [6, 6.07) is 8.14. The maximum Gasteiger partial charge on any atom is 0.241 e. The lowest BCUT2D eigenvalue weighted by Gasteiger charge is -2.24. The fourth-order valence-electron chi connectivity index (χ4n) is 3.83. The van der Waals surface area contributed by atoms with Gasteiger partial charge in [0.25, 0.3) is 0 Å². The molecule has 2 aromatic rings. The van der Waals surface area contributed by atoms with Crippen LogP contribution in [0.1, 0.15) is 32.1 Å². The van der Waals surface area contributed by atoms with Gasteiger partial charge in [-0.15, -0.1) is 12.4 Å². The second kappa shape index (κ2) is 7.36. The Kier molecular flexibility index (Phi) is 5.21. The number of aromatic nitrogens is 1. The zero-order valence-corrected chi connectivity index (χ0v) is 14.2. The van der Waals surface area contributed by atoms with Crippen molar-refractivity contribution in [1.82, 2.24) is 10.3 Å². The fourth-order valence-corrected chi connectivity index (χ4v) is 3.83. The van der Waals surface area contributed by atoms with E-state index in [1.165, 1.54) is 32.1 Å². The van der Waals surface area contributed by atoms with Crippen molar-refractivity contribution in [2.45, 2.75) is 44.2 Å². The van der Waals surface area contributed by atoms with Crippen LogP contribution in [0.3, 0.4) is 0 Å². The summed E-state index contributed by atoms with van der Waals surface area (Å²) in [6.07, 6.45) is 9.11. The van der Waals surface area contributed by atoms with Crippen LogP contribution < -0.4 is 10.6 Å². The van der Waals surface area contributed by atoms with Crippen molar-refractivity contribution < 1.29 is 9.21 Å². The Bertz CT molecular complexity index is 658. The van der Waals surface area contributed by atoms with Crippen molar-refractivity contribution in [3.05, 3.63) is 36.9 Å². The lowest BCUT2D eigenvalue weighted by atomic mass is 9.85. The summed E-state index contributed by atoms with van der Waals surface area (Å²) < 4.78 is 5.27. The third-order valence-electron chi connectivity index (χ3n) is 5.05. The Labute approximate surface area is 147 Å². The number of halogens is 1. The predicted molar refractivity (Wildman–Crippen MR) is 95.1 cm³/mol. The molecule has 2 N–H and O–H groups in total. The van der Waals surface area contributed by atoms with Gasteiger partial charge in [-0.3, -0.25) is 4.79 Å². The van der Waals surface area contributed by atoms with Gasteiger partial charge in [-0.1, -0.05) is 12.8 Å². The van der Waals surface area contributed by atoms with E-state index in [2.05, 4.69) is 15.6 Å². The molecule has 1 saturated carbocycles. The SMILES string of the molecule is Cl.O=C(Nc1ccc(-c2cnco2)cc1)C1CC2CCCCC2N1. The van der Waals surface area contributed by atoms with E-state index >= 15 is 0 Å². The highest BCUT2D eigenvalue weighted by molar-refractivity contribution is 5.95. The minimum absolute atomic E-state index is 0. The van der Waals surface area contributed by atoms with Gasteiger partial charge in [-0.2, -0.15) is 0 Å².